The fourth-order valence-corrected chi connectivity index (χ4v) is 5.56. The van der Waals surface area contributed by atoms with Gasteiger partial charge in [0.05, 0.1) is 39.5 Å². The fourth-order valence-electron chi connectivity index (χ4n) is 5.00. The van der Waals surface area contributed by atoms with E-state index in [4.69, 9.17) is 44.3 Å². The van der Waals surface area contributed by atoms with Gasteiger partial charge in [-0.05, 0) is 44.4 Å². The second kappa shape index (κ2) is 16.5. The molecule has 4 aromatic heterocycles. The Hall–Kier alpha value is -3.29. The van der Waals surface area contributed by atoms with Gasteiger partial charge < -0.3 is 20.1 Å². The number of halogens is 5. The molecular formula is C31H33Cl3F2N8O2. The van der Waals surface area contributed by atoms with Crippen LogP contribution in [0.2, 0.25) is 15.2 Å². The van der Waals surface area contributed by atoms with Crippen LogP contribution in [0.15, 0.2) is 36.9 Å². The van der Waals surface area contributed by atoms with E-state index in [1.807, 2.05) is 6.92 Å². The van der Waals surface area contributed by atoms with Gasteiger partial charge in [0.2, 0.25) is 11.9 Å². The summed E-state index contributed by atoms with van der Waals surface area (Å²) >= 11 is 18.2. The maximum absolute atomic E-state index is 13.3. The van der Waals surface area contributed by atoms with Crippen LogP contribution in [0, 0.1) is 30.7 Å². The second-order valence-electron chi connectivity index (χ2n) is 10.9. The largest absolute Gasteiger partial charge is 0.381 e. The summed E-state index contributed by atoms with van der Waals surface area (Å²) in [7, 11) is 0. The van der Waals surface area contributed by atoms with E-state index in [0.29, 0.717) is 50.2 Å². The molecule has 15 heteroatoms. The van der Waals surface area contributed by atoms with Gasteiger partial charge in [-0.2, -0.15) is 8.78 Å². The number of anilines is 2. The lowest BCUT2D eigenvalue weighted by atomic mass is 10.0. The SMILES string of the molecule is Cc1nc(-c2cc(F)ncc2Cl)cnc1NCC1CCOCC1.Fc1cc(-c2cnc(Cl)c(NCC3CCOCC3)n2)c(Cl)cn1. The molecule has 10 nitrogen and oxygen atoms in total. The zero-order valence-electron chi connectivity index (χ0n) is 25.1. The Morgan fingerprint density at radius 1 is 0.674 bits per heavy atom. The maximum atomic E-state index is 13.3. The van der Waals surface area contributed by atoms with Crippen molar-refractivity contribution in [3.8, 4) is 22.5 Å². The molecule has 2 aliphatic heterocycles. The van der Waals surface area contributed by atoms with Crippen molar-refractivity contribution >= 4 is 46.4 Å². The van der Waals surface area contributed by atoms with Gasteiger partial charge in [-0.15, -0.1) is 0 Å². The molecule has 2 saturated heterocycles. The third-order valence-corrected chi connectivity index (χ3v) is 8.55. The molecular weight excluding hydrogens is 661 g/mol. The van der Waals surface area contributed by atoms with Crippen LogP contribution in [0.5, 0.6) is 0 Å². The monoisotopic (exact) mass is 692 g/mol. The van der Waals surface area contributed by atoms with Crippen molar-refractivity contribution < 1.29 is 18.3 Å². The summed E-state index contributed by atoms with van der Waals surface area (Å²) in [6.45, 7) is 6.65. The lowest BCUT2D eigenvalue weighted by molar-refractivity contribution is 0.0698. The van der Waals surface area contributed by atoms with E-state index in [1.165, 1.54) is 30.7 Å². The molecule has 0 radical (unpaired) electrons. The smallest absolute Gasteiger partial charge is 0.213 e. The minimum absolute atomic E-state index is 0.270. The molecule has 0 aromatic carbocycles. The number of pyridine rings is 2. The van der Waals surface area contributed by atoms with Gasteiger partial charge in [-0.3, -0.25) is 0 Å². The van der Waals surface area contributed by atoms with Crippen LogP contribution in [0.25, 0.3) is 22.5 Å². The fraction of sp³-hybridized carbons (Fsp3) is 0.419. The van der Waals surface area contributed by atoms with Crippen molar-refractivity contribution in [3.63, 3.8) is 0 Å². The van der Waals surface area contributed by atoms with Gasteiger partial charge in [-0.25, -0.2) is 29.9 Å². The summed E-state index contributed by atoms with van der Waals surface area (Å²) in [6, 6.07) is 2.49. The Morgan fingerprint density at radius 3 is 1.67 bits per heavy atom. The Kier molecular flexibility index (Phi) is 12.2. The van der Waals surface area contributed by atoms with E-state index >= 15 is 0 Å². The van der Waals surface area contributed by atoms with Gasteiger partial charge >= 0.3 is 0 Å². The number of aryl methyl sites for hydroxylation is 1. The molecule has 2 fully saturated rings. The van der Waals surface area contributed by atoms with Gasteiger partial charge in [0.25, 0.3) is 0 Å². The number of ether oxygens (including phenoxy) is 2. The molecule has 46 heavy (non-hydrogen) atoms. The molecule has 6 rings (SSSR count). The van der Waals surface area contributed by atoms with Crippen LogP contribution in [0.1, 0.15) is 31.4 Å². The third kappa shape index (κ3) is 9.38. The Balaban J connectivity index is 0.000000181. The lowest BCUT2D eigenvalue weighted by Gasteiger charge is -2.22. The normalized spacial score (nSPS) is 15.6. The Bertz CT molecular complexity index is 1630. The summed E-state index contributed by atoms with van der Waals surface area (Å²) in [5, 5.41) is 7.48. The molecule has 6 heterocycles. The van der Waals surface area contributed by atoms with Gasteiger partial charge in [0.15, 0.2) is 11.0 Å². The number of rotatable bonds is 8. The first-order chi connectivity index (χ1) is 22.3. The quantitative estimate of drug-likeness (QED) is 0.182. The molecule has 0 amide bonds. The number of hydrogen-bond acceptors (Lipinski definition) is 10. The number of aromatic nitrogens is 6. The molecule has 0 saturated carbocycles. The van der Waals surface area contributed by atoms with Crippen LogP contribution in [-0.4, -0.2) is 69.4 Å². The van der Waals surface area contributed by atoms with E-state index in [-0.39, 0.29) is 5.15 Å². The molecule has 2 aliphatic rings. The summed E-state index contributed by atoms with van der Waals surface area (Å²) in [5.41, 5.74) is 2.65. The Morgan fingerprint density at radius 2 is 1.15 bits per heavy atom. The molecule has 2 N–H and O–H groups in total. The summed E-state index contributed by atoms with van der Waals surface area (Å²) in [5.74, 6) is 1.08. The maximum Gasteiger partial charge on any atom is 0.213 e. The highest BCUT2D eigenvalue weighted by Crippen LogP contribution is 2.29. The average molecular weight is 694 g/mol. The summed E-state index contributed by atoms with van der Waals surface area (Å²) in [6.07, 6.45) is 9.70. The molecule has 0 spiro atoms. The van der Waals surface area contributed by atoms with Crippen molar-refractivity contribution in [1.29, 1.82) is 0 Å². The summed E-state index contributed by atoms with van der Waals surface area (Å²) in [4.78, 5) is 24.4. The highest BCUT2D eigenvalue weighted by molar-refractivity contribution is 6.33. The van der Waals surface area contributed by atoms with Crippen molar-refractivity contribution in [2.24, 2.45) is 11.8 Å². The molecule has 0 unspecified atom stereocenters. The molecule has 0 atom stereocenters. The standard InChI is InChI=1S/C16H18ClFN4O.C15H15Cl2FN4O/c1-10-16(20-7-11-2-4-23-5-3-11)21-9-14(22-10)12-6-15(18)19-8-13(12)17;16-11-7-19-13(18)5-10(11)12-8-20-14(17)15(22-12)21-6-9-1-3-23-4-2-9/h6,8-9,11H,2-5,7H2,1H3,(H,20,21);5,7-9H,1-4,6H2,(H,21,22). The molecule has 4 aromatic rings. The molecule has 0 aliphatic carbocycles. The van der Waals surface area contributed by atoms with E-state index in [1.54, 1.807) is 6.20 Å². The van der Waals surface area contributed by atoms with Gasteiger partial charge in [0.1, 0.15) is 5.82 Å². The first kappa shape index (κ1) is 34.1. The van der Waals surface area contributed by atoms with Crippen molar-refractivity contribution in [2.75, 3.05) is 50.2 Å². The van der Waals surface area contributed by atoms with E-state index < -0.39 is 11.9 Å². The average Bonchev–Trinajstić information content (AvgIpc) is 3.07. The van der Waals surface area contributed by atoms with Crippen LogP contribution in [0.4, 0.5) is 20.4 Å². The van der Waals surface area contributed by atoms with Crippen molar-refractivity contribution in [1.82, 2.24) is 29.9 Å². The van der Waals surface area contributed by atoms with E-state index in [0.717, 1.165) is 76.7 Å². The van der Waals surface area contributed by atoms with Crippen molar-refractivity contribution in [2.45, 2.75) is 32.6 Å². The van der Waals surface area contributed by atoms with Crippen molar-refractivity contribution in [3.05, 3.63) is 69.7 Å². The first-order valence-corrected chi connectivity index (χ1v) is 16.0. The van der Waals surface area contributed by atoms with Crippen LogP contribution < -0.4 is 10.6 Å². The number of hydrogen-bond donors (Lipinski definition) is 2. The highest BCUT2D eigenvalue weighted by atomic mass is 35.5. The Labute approximate surface area is 280 Å². The van der Waals surface area contributed by atoms with Crippen LogP contribution >= 0.6 is 34.8 Å². The summed E-state index contributed by atoms with van der Waals surface area (Å²) < 4.78 is 37.3. The minimum Gasteiger partial charge on any atom is -0.381 e. The first-order valence-electron chi connectivity index (χ1n) is 14.9. The van der Waals surface area contributed by atoms with Crippen LogP contribution in [-0.2, 0) is 9.47 Å². The van der Waals surface area contributed by atoms with Gasteiger partial charge in [-0.1, -0.05) is 34.8 Å². The zero-order valence-corrected chi connectivity index (χ0v) is 27.3. The van der Waals surface area contributed by atoms with Gasteiger partial charge in [0, 0.05) is 75.2 Å². The predicted octanol–water partition coefficient (Wildman–Crippen LogP) is 7.30. The van der Waals surface area contributed by atoms with E-state index in [9.17, 15) is 8.78 Å². The second-order valence-corrected chi connectivity index (χ2v) is 12.1. The number of nitrogens with zero attached hydrogens (tertiary/aromatic N) is 6. The zero-order chi connectivity index (χ0) is 32.5. The predicted molar refractivity (Wildman–Crippen MR) is 174 cm³/mol. The topological polar surface area (TPSA) is 120 Å². The third-order valence-electron chi connectivity index (χ3n) is 7.67. The lowest BCUT2D eigenvalue weighted by Crippen LogP contribution is -2.23. The minimum atomic E-state index is -0.627. The van der Waals surface area contributed by atoms with E-state index in [2.05, 4.69) is 40.5 Å². The van der Waals surface area contributed by atoms with Crippen LogP contribution in [0.3, 0.4) is 0 Å². The molecule has 244 valence electrons. The number of nitrogens with one attached hydrogen (secondary N) is 2. The highest BCUT2D eigenvalue weighted by Gasteiger charge is 2.17. The molecule has 0 bridgehead atoms.